The molecule has 2 N–H and O–H groups in total. The summed E-state index contributed by atoms with van der Waals surface area (Å²) in [6.07, 6.45) is 10.2. The van der Waals surface area contributed by atoms with E-state index in [0.29, 0.717) is 12.1 Å². The Hall–Kier alpha value is -4.77. The van der Waals surface area contributed by atoms with Gasteiger partial charge in [0.15, 0.2) is 0 Å². The van der Waals surface area contributed by atoms with E-state index in [9.17, 15) is 4.79 Å². The number of pyridine rings is 1. The van der Waals surface area contributed by atoms with Gasteiger partial charge in [0.2, 0.25) is 0 Å². The van der Waals surface area contributed by atoms with Crippen LogP contribution in [0.4, 0.5) is 16.3 Å². The smallest absolute Gasteiger partial charge is 0.322 e. The third kappa shape index (κ3) is 6.13. The fraction of sp³-hybridized carbons (Fsp3) is 0.233. The van der Waals surface area contributed by atoms with Gasteiger partial charge in [0.25, 0.3) is 0 Å². The van der Waals surface area contributed by atoms with Gasteiger partial charge in [-0.05, 0) is 55.5 Å². The molecule has 2 aromatic carbocycles. The molecule has 0 unspecified atom stereocenters. The number of hydrogen-bond donors (Lipinski definition) is 2. The van der Waals surface area contributed by atoms with Crippen LogP contribution in [0.3, 0.4) is 0 Å². The number of nitriles is 1. The number of benzene rings is 2. The number of carbonyl (C=O) groups excluding carboxylic acids is 1. The van der Waals surface area contributed by atoms with Gasteiger partial charge in [0.1, 0.15) is 11.9 Å². The van der Waals surface area contributed by atoms with Gasteiger partial charge in [-0.15, -0.1) is 0 Å². The van der Waals surface area contributed by atoms with Gasteiger partial charge in [-0.3, -0.25) is 14.9 Å². The first-order chi connectivity index (χ1) is 18.7. The quantitative estimate of drug-likeness (QED) is 0.342. The lowest BCUT2D eigenvalue weighted by Crippen LogP contribution is -2.48. The molecule has 0 radical (unpaired) electrons. The third-order valence-corrected chi connectivity index (χ3v) is 6.82. The van der Waals surface area contributed by atoms with Crippen LogP contribution in [0.5, 0.6) is 0 Å². The first-order valence-electron chi connectivity index (χ1n) is 12.8. The van der Waals surface area contributed by atoms with Crippen LogP contribution in [-0.4, -0.2) is 33.1 Å². The van der Waals surface area contributed by atoms with E-state index in [-0.39, 0.29) is 18.1 Å². The van der Waals surface area contributed by atoms with Gasteiger partial charge in [0.05, 0.1) is 17.5 Å². The van der Waals surface area contributed by atoms with Gasteiger partial charge in [-0.2, -0.15) is 5.26 Å². The molecule has 5 rings (SSSR count). The predicted octanol–water partition coefficient (Wildman–Crippen LogP) is 5.55. The standard InChI is InChI=1S/C30H29N7O/c31-18-23-6-15-29(34-20-23)36-25-9-13-27(14-10-25)37(30(38)35-19-22-4-2-1-3-5-22)26-11-7-24(8-12-26)28-21-32-16-17-33-28/h1-8,11-12,15-17,20-21,25,27H,9-10,13-14,19H2,(H,34,36)(H,35,38). The Morgan fingerprint density at radius 1 is 0.921 bits per heavy atom. The SMILES string of the molecule is N#Cc1ccc(NC2CCC(N(C(=O)NCc3ccccc3)c3ccc(-c4cnccn4)cc3)CC2)nc1. The minimum atomic E-state index is -0.105. The minimum absolute atomic E-state index is 0.0696. The summed E-state index contributed by atoms with van der Waals surface area (Å²) in [5.74, 6) is 0.768. The van der Waals surface area contributed by atoms with E-state index >= 15 is 0 Å². The number of rotatable bonds is 7. The molecule has 1 saturated carbocycles. The van der Waals surface area contributed by atoms with Crippen LogP contribution in [0.25, 0.3) is 11.3 Å². The van der Waals surface area contributed by atoms with Crippen LogP contribution >= 0.6 is 0 Å². The number of nitrogens with one attached hydrogen (secondary N) is 2. The van der Waals surface area contributed by atoms with E-state index in [0.717, 1.165) is 54.0 Å². The lowest BCUT2D eigenvalue weighted by Gasteiger charge is -2.37. The molecule has 38 heavy (non-hydrogen) atoms. The molecule has 1 aliphatic rings. The molecule has 0 bridgehead atoms. The van der Waals surface area contributed by atoms with Crippen molar-refractivity contribution in [1.82, 2.24) is 20.3 Å². The molecule has 8 heteroatoms. The van der Waals surface area contributed by atoms with Crippen LogP contribution in [-0.2, 0) is 6.54 Å². The molecule has 0 aliphatic heterocycles. The van der Waals surface area contributed by atoms with E-state index < -0.39 is 0 Å². The highest BCUT2D eigenvalue weighted by molar-refractivity contribution is 5.93. The van der Waals surface area contributed by atoms with Crippen molar-refractivity contribution in [1.29, 1.82) is 5.26 Å². The summed E-state index contributed by atoms with van der Waals surface area (Å²) in [6, 6.07) is 23.8. The van der Waals surface area contributed by atoms with E-state index in [1.165, 1.54) is 0 Å². The number of anilines is 2. The Kier molecular flexibility index (Phi) is 7.85. The Morgan fingerprint density at radius 2 is 1.71 bits per heavy atom. The molecule has 2 amide bonds. The van der Waals surface area contributed by atoms with Crippen molar-refractivity contribution < 1.29 is 4.79 Å². The zero-order valence-electron chi connectivity index (χ0n) is 21.0. The van der Waals surface area contributed by atoms with Crippen LogP contribution in [0.2, 0.25) is 0 Å². The summed E-state index contributed by atoms with van der Waals surface area (Å²) in [4.78, 5) is 28.3. The van der Waals surface area contributed by atoms with Gasteiger partial charge < -0.3 is 10.6 Å². The second-order valence-corrected chi connectivity index (χ2v) is 9.35. The summed E-state index contributed by atoms with van der Waals surface area (Å²) in [6.45, 7) is 0.467. The Morgan fingerprint density at radius 3 is 2.37 bits per heavy atom. The van der Waals surface area contributed by atoms with E-state index in [4.69, 9.17) is 5.26 Å². The van der Waals surface area contributed by atoms with Gasteiger partial charge in [-0.1, -0.05) is 42.5 Å². The predicted molar refractivity (Wildman–Crippen MR) is 147 cm³/mol. The molecule has 0 saturated heterocycles. The average molecular weight is 504 g/mol. The Balaban J connectivity index is 1.29. The summed E-state index contributed by atoms with van der Waals surface area (Å²) in [5.41, 5.74) is 4.20. The molecule has 1 fully saturated rings. The fourth-order valence-corrected chi connectivity index (χ4v) is 4.83. The van der Waals surface area contributed by atoms with E-state index in [1.54, 1.807) is 30.9 Å². The number of urea groups is 1. The summed E-state index contributed by atoms with van der Waals surface area (Å²) < 4.78 is 0. The van der Waals surface area contributed by atoms with Crippen LogP contribution < -0.4 is 15.5 Å². The number of amides is 2. The average Bonchev–Trinajstić information content (AvgIpc) is 2.99. The number of aromatic nitrogens is 3. The van der Waals surface area contributed by atoms with Crippen molar-refractivity contribution in [3.8, 4) is 17.3 Å². The number of hydrogen-bond acceptors (Lipinski definition) is 6. The first-order valence-corrected chi connectivity index (χ1v) is 12.8. The Bertz CT molecular complexity index is 1360. The summed E-state index contributed by atoms with van der Waals surface area (Å²) in [7, 11) is 0. The second kappa shape index (κ2) is 12.0. The molecule has 1 aliphatic carbocycles. The molecule has 4 aromatic rings. The van der Waals surface area contributed by atoms with Crippen LogP contribution in [0.1, 0.15) is 36.8 Å². The van der Waals surface area contributed by atoms with Crippen LogP contribution in [0, 0.1) is 11.3 Å². The largest absolute Gasteiger partial charge is 0.367 e. The zero-order chi connectivity index (χ0) is 26.2. The fourth-order valence-electron chi connectivity index (χ4n) is 4.83. The highest BCUT2D eigenvalue weighted by Gasteiger charge is 2.30. The Labute approximate surface area is 222 Å². The summed E-state index contributed by atoms with van der Waals surface area (Å²) in [5, 5.41) is 15.6. The maximum absolute atomic E-state index is 13.5. The molecular weight excluding hydrogens is 474 g/mol. The van der Waals surface area contributed by atoms with Crippen molar-refractivity contribution in [2.45, 2.75) is 44.3 Å². The molecule has 2 aromatic heterocycles. The van der Waals surface area contributed by atoms with Crippen molar-refractivity contribution in [3.05, 3.63) is 103 Å². The maximum atomic E-state index is 13.5. The molecule has 190 valence electrons. The molecule has 8 nitrogen and oxygen atoms in total. The monoisotopic (exact) mass is 503 g/mol. The van der Waals surface area contributed by atoms with Crippen molar-refractivity contribution in [2.75, 3.05) is 10.2 Å². The van der Waals surface area contributed by atoms with Crippen molar-refractivity contribution in [2.24, 2.45) is 0 Å². The molecule has 2 heterocycles. The van der Waals surface area contributed by atoms with Gasteiger partial charge in [0, 0.05) is 48.5 Å². The molecule has 0 spiro atoms. The number of carbonyl (C=O) groups is 1. The minimum Gasteiger partial charge on any atom is -0.367 e. The highest BCUT2D eigenvalue weighted by atomic mass is 16.2. The number of nitrogens with zero attached hydrogens (tertiary/aromatic N) is 5. The maximum Gasteiger partial charge on any atom is 0.322 e. The van der Waals surface area contributed by atoms with Crippen molar-refractivity contribution >= 4 is 17.5 Å². The lowest BCUT2D eigenvalue weighted by molar-refractivity contribution is 0.240. The van der Waals surface area contributed by atoms with Crippen molar-refractivity contribution in [3.63, 3.8) is 0 Å². The van der Waals surface area contributed by atoms with Gasteiger partial charge in [-0.25, -0.2) is 9.78 Å². The van der Waals surface area contributed by atoms with E-state index in [1.807, 2.05) is 65.6 Å². The zero-order valence-corrected chi connectivity index (χ0v) is 21.0. The van der Waals surface area contributed by atoms with E-state index in [2.05, 4.69) is 31.7 Å². The summed E-state index contributed by atoms with van der Waals surface area (Å²) >= 11 is 0. The normalized spacial score (nSPS) is 16.7. The van der Waals surface area contributed by atoms with Gasteiger partial charge >= 0.3 is 6.03 Å². The molecule has 0 atom stereocenters. The third-order valence-electron chi connectivity index (χ3n) is 6.82. The topological polar surface area (TPSA) is 107 Å². The first kappa shape index (κ1) is 24.9. The second-order valence-electron chi connectivity index (χ2n) is 9.35. The molecular formula is C30H29N7O. The van der Waals surface area contributed by atoms with Crippen LogP contribution in [0.15, 0.2) is 91.5 Å². The lowest BCUT2D eigenvalue weighted by atomic mass is 9.89. The highest BCUT2D eigenvalue weighted by Crippen LogP contribution is 2.30.